The molecule has 0 aliphatic carbocycles. The van der Waals surface area contributed by atoms with E-state index in [1.807, 2.05) is 12.1 Å². The smallest absolute Gasteiger partial charge is 0.138 e. The molecular formula is C22H25ClN6O. The number of Topliss-reactive ketones (excluding diaryl/α,β-unsaturated/α-hetero) is 1. The number of aromatic nitrogens is 3. The van der Waals surface area contributed by atoms with E-state index in [9.17, 15) is 4.79 Å². The van der Waals surface area contributed by atoms with E-state index in [-0.39, 0.29) is 17.9 Å². The number of carbonyl (C=O) groups is 1. The van der Waals surface area contributed by atoms with Gasteiger partial charge in [0.15, 0.2) is 0 Å². The topological polar surface area (TPSA) is 65.8 Å². The summed E-state index contributed by atoms with van der Waals surface area (Å²) < 4.78 is 2.14. The molecule has 3 aromatic heterocycles. The number of piperidine rings is 1. The van der Waals surface area contributed by atoms with Gasteiger partial charge in [-0.3, -0.25) is 19.5 Å². The first-order valence-corrected chi connectivity index (χ1v) is 10.8. The summed E-state index contributed by atoms with van der Waals surface area (Å²) in [6, 6.07) is 9.46. The van der Waals surface area contributed by atoms with Crippen molar-refractivity contribution in [1.29, 1.82) is 0 Å². The molecule has 30 heavy (non-hydrogen) atoms. The number of imidazole rings is 1. The summed E-state index contributed by atoms with van der Waals surface area (Å²) in [6.45, 7) is 4.07. The minimum atomic E-state index is -0.202. The zero-order valence-electron chi connectivity index (χ0n) is 17.0. The third-order valence-corrected chi connectivity index (χ3v) is 6.38. The second-order valence-electron chi connectivity index (χ2n) is 8.16. The van der Waals surface area contributed by atoms with E-state index in [1.165, 1.54) is 0 Å². The number of rotatable bonds is 3. The van der Waals surface area contributed by atoms with Gasteiger partial charge in [0.1, 0.15) is 17.2 Å². The number of nitrogens with one attached hydrogen (secondary N) is 1. The Bertz CT molecular complexity index is 1070. The monoisotopic (exact) mass is 424 g/mol. The second kappa shape index (κ2) is 7.98. The van der Waals surface area contributed by atoms with Gasteiger partial charge < -0.3 is 9.80 Å². The second-order valence-corrected chi connectivity index (χ2v) is 8.56. The lowest BCUT2D eigenvalue weighted by Gasteiger charge is -2.34. The minimum absolute atomic E-state index is 0.158. The van der Waals surface area contributed by atoms with Crippen LogP contribution in [-0.4, -0.2) is 58.3 Å². The minimum Gasteiger partial charge on any atom is -0.355 e. The maximum Gasteiger partial charge on any atom is 0.138 e. The van der Waals surface area contributed by atoms with Crippen LogP contribution in [0.3, 0.4) is 0 Å². The zero-order chi connectivity index (χ0) is 20.7. The maximum absolute atomic E-state index is 12.5. The Labute approximate surface area is 180 Å². The number of carbonyl (C=O) groups excluding carboxylic acids is 1. The van der Waals surface area contributed by atoms with Gasteiger partial charge in [0.25, 0.3) is 0 Å². The molecule has 7 nitrogen and oxygen atoms in total. The van der Waals surface area contributed by atoms with E-state index in [4.69, 9.17) is 16.6 Å². The fourth-order valence-electron chi connectivity index (χ4n) is 4.40. The summed E-state index contributed by atoms with van der Waals surface area (Å²) in [6.07, 6.45) is 4.60. The molecule has 156 valence electrons. The fraction of sp³-hybridized carbons (Fsp3) is 0.409. The molecule has 0 saturated carbocycles. The Morgan fingerprint density at radius 1 is 1.07 bits per heavy atom. The van der Waals surface area contributed by atoms with Gasteiger partial charge in [0, 0.05) is 51.4 Å². The van der Waals surface area contributed by atoms with Crippen molar-refractivity contribution < 1.29 is 4.79 Å². The average Bonchev–Trinajstić information content (AvgIpc) is 3.19. The van der Waals surface area contributed by atoms with Gasteiger partial charge in [-0.15, -0.1) is 0 Å². The Balaban J connectivity index is 1.45. The first-order valence-electron chi connectivity index (χ1n) is 10.4. The lowest BCUT2D eigenvalue weighted by atomic mass is 9.93. The molecule has 0 radical (unpaired) electrons. The summed E-state index contributed by atoms with van der Waals surface area (Å²) in [7, 11) is 2.16. The van der Waals surface area contributed by atoms with Crippen LogP contribution < -0.4 is 10.2 Å². The number of piperazine rings is 1. The molecule has 5 rings (SSSR count). The first kappa shape index (κ1) is 19.5. The van der Waals surface area contributed by atoms with E-state index in [0.29, 0.717) is 17.9 Å². The van der Waals surface area contributed by atoms with Crippen LogP contribution in [0, 0.1) is 0 Å². The molecule has 5 heterocycles. The third-order valence-electron chi connectivity index (χ3n) is 6.06. The van der Waals surface area contributed by atoms with Crippen LogP contribution in [0.4, 0.5) is 5.82 Å². The van der Waals surface area contributed by atoms with Crippen molar-refractivity contribution >= 4 is 28.8 Å². The van der Waals surface area contributed by atoms with Crippen LogP contribution in [0.15, 0.2) is 42.7 Å². The molecule has 8 heteroatoms. The number of hydrogen-bond acceptors (Lipinski definition) is 6. The van der Waals surface area contributed by atoms with Crippen molar-refractivity contribution in [2.24, 2.45) is 0 Å². The number of halogens is 1. The zero-order valence-corrected chi connectivity index (χ0v) is 17.7. The van der Waals surface area contributed by atoms with Crippen molar-refractivity contribution in [2.75, 3.05) is 38.1 Å². The van der Waals surface area contributed by atoms with Crippen molar-refractivity contribution in [2.45, 2.75) is 24.9 Å². The molecule has 3 aromatic rings. The summed E-state index contributed by atoms with van der Waals surface area (Å²) >= 11 is 6.34. The van der Waals surface area contributed by atoms with Crippen molar-refractivity contribution in [3.8, 4) is 0 Å². The van der Waals surface area contributed by atoms with Gasteiger partial charge >= 0.3 is 0 Å². The summed E-state index contributed by atoms with van der Waals surface area (Å²) in [5.74, 6) is 1.34. The third kappa shape index (κ3) is 3.69. The quantitative estimate of drug-likeness (QED) is 0.697. The average molecular weight is 425 g/mol. The molecule has 0 aromatic carbocycles. The fourth-order valence-corrected chi connectivity index (χ4v) is 4.65. The lowest BCUT2D eigenvalue weighted by molar-refractivity contribution is -0.121. The SMILES string of the molecule is CN1CCN(c2cccc3nc([C@H]4CC(=O)C[C@@H](c5ncccc5Cl)N4)cn23)CC1. The van der Waals surface area contributed by atoms with E-state index in [0.717, 1.165) is 49.0 Å². The number of fused-ring (bicyclic) bond motifs is 1. The predicted molar refractivity (Wildman–Crippen MR) is 117 cm³/mol. The summed E-state index contributed by atoms with van der Waals surface area (Å²) in [5.41, 5.74) is 2.49. The maximum atomic E-state index is 12.5. The van der Waals surface area contributed by atoms with Gasteiger partial charge in [-0.05, 0) is 31.3 Å². The van der Waals surface area contributed by atoms with Crippen molar-refractivity contribution in [3.63, 3.8) is 0 Å². The van der Waals surface area contributed by atoms with Crippen LogP contribution in [-0.2, 0) is 4.79 Å². The Kier molecular flexibility index (Phi) is 5.18. The van der Waals surface area contributed by atoms with E-state index in [2.05, 4.69) is 49.9 Å². The van der Waals surface area contributed by atoms with Crippen LogP contribution in [0.25, 0.3) is 5.65 Å². The van der Waals surface area contributed by atoms with Gasteiger partial charge in [-0.2, -0.15) is 0 Å². The lowest BCUT2D eigenvalue weighted by Crippen LogP contribution is -2.45. The Morgan fingerprint density at radius 2 is 1.87 bits per heavy atom. The molecule has 2 atom stereocenters. The normalized spacial score (nSPS) is 23.3. The molecule has 0 bridgehead atoms. The molecule has 0 spiro atoms. The van der Waals surface area contributed by atoms with Crippen LogP contribution in [0.1, 0.15) is 36.3 Å². The molecular weight excluding hydrogens is 400 g/mol. The molecule has 2 saturated heterocycles. The highest BCUT2D eigenvalue weighted by atomic mass is 35.5. The highest BCUT2D eigenvalue weighted by Gasteiger charge is 2.32. The predicted octanol–water partition coefficient (Wildman–Crippen LogP) is 2.87. The summed E-state index contributed by atoms with van der Waals surface area (Å²) in [4.78, 5) is 26.5. The van der Waals surface area contributed by atoms with E-state index < -0.39 is 0 Å². The molecule has 2 aliphatic rings. The van der Waals surface area contributed by atoms with Gasteiger partial charge in [0.05, 0.1) is 28.5 Å². The standard InChI is InChI=1S/C22H25ClN6O/c1-27-8-10-28(11-9-27)21-6-2-5-20-26-19(14-29(20)21)17-12-15(30)13-18(25-17)22-16(23)4-3-7-24-22/h2-7,14,17-18,25H,8-13H2,1H3/t17-,18+/m1/s1. The van der Waals surface area contributed by atoms with Crippen LogP contribution in [0.5, 0.6) is 0 Å². The summed E-state index contributed by atoms with van der Waals surface area (Å²) in [5, 5.41) is 4.14. The number of nitrogens with zero attached hydrogens (tertiary/aromatic N) is 5. The van der Waals surface area contributed by atoms with Crippen molar-refractivity contribution in [3.05, 3.63) is 59.1 Å². The number of anilines is 1. The van der Waals surface area contributed by atoms with Crippen LogP contribution in [0.2, 0.25) is 5.02 Å². The molecule has 0 amide bonds. The molecule has 2 aliphatic heterocycles. The van der Waals surface area contributed by atoms with Gasteiger partial charge in [-0.1, -0.05) is 17.7 Å². The number of hydrogen-bond donors (Lipinski definition) is 1. The van der Waals surface area contributed by atoms with E-state index >= 15 is 0 Å². The molecule has 1 N–H and O–H groups in total. The van der Waals surface area contributed by atoms with Crippen molar-refractivity contribution in [1.82, 2.24) is 24.6 Å². The first-order chi connectivity index (χ1) is 14.6. The van der Waals surface area contributed by atoms with Crippen LogP contribution >= 0.6 is 11.6 Å². The van der Waals surface area contributed by atoms with Gasteiger partial charge in [-0.25, -0.2) is 4.98 Å². The number of pyridine rings is 2. The highest BCUT2D eigenvalue weighted by Crippen LogP contribution is 2.33. The number of likely N-dealkylation sites (N-methyl/N-ethyl adjacent to an activating group) is 1. The highest BCUT2D eigenvalue weighted by molar-refractivity contribution is 6.31. The van der Waals surface area contributed by atoms with E-state index in [1.54, 1.807) is 12.3 Å². The molecule has 2 fully saturated rings. The molecule has 0 unspecified atom stereocenters. The number of ketones is 1. The van der Waals surface area contributed by atoms with Gasteiger partial charge in [0.2, 0.25) is 0 Å². The Morgan fingerprint density at radius 3 is 2.67 bits per heavy atom. The largest absolute Gasteiger partial charge is 0.355 e. The Hall–Kier alpha value is -2.48.